The van der Waals surface area contributed by atoms with Crippen LogP contribution in [0.25, 0.3) is 10.8 Å². The minimum atomic E-state index is -3.19. The molecule has 0 unspecified atom stereocenters. The summed E-state index contributed by atoms with van der Waals surface area (Å²) in [6.45, 7) is 0. The summed E-state index contributed by atoms with van der Waals surface area (Å²) in [6.07, 6.45) is 0. The van der Waals surface area contributed by atoms with E-state index in [1.54, 1.807) is 0 Å². The van der Waals surface area contributed by atoms with Crippen LogP contribution in [0.2, 0.25) is 0 Å². The average Bonchev–Trinajstić information content (AvgIpc) is 2.87. The van der Waals surface area contributed by atoms with E-state index in [1.807, 2.05) is 115 Å². The number of fused-ring (bicyclic) bond motifs is 4. The van der Waals surface area contributed by atoms with E-state index in [-0.39, 0.29) is 0 Å². The van der Waals surface area contributed by atoms with Crippen molar-refractivity contribution in [3.05, 3.63) is 115 Å². The molecule has 1 heterocycles. The van der Waals surface area contributed by atoms with E-state index in [0.717, 1.165) is 26.7 Å². The average molecular weight is 434 g/mol. The van der Waals surface area contributed by atoms with Gasteiger partial charge in [0.15, 0.2) is 30.1 Å². The van der Waals surface area contributed by atoms with E-state index in [4.69, 9.17) is 9.47 Å². The summed E-state index contributed by atoms with van der Waals surface area (Å²) in [5.41, 5.74) is 0. The summed E-state index contributed by atoms with van der Waals surface area (Å²) in [5, 5.41) is 4.08. The fourth-order valence-electron chi connectivity index (χ4n) is 4.30. The normalized spacial score (nSPS) is 12.4. The van der Waals surface area contributed by atoms with Gasteiger partial charge in [-0.3, -0.25) is 0 Å². The third-order valence-corrected chi connectivity index (χ3v) is 8.90. The van der Waals surface area contributed by atoms with Crippen molar-refractivity contribution in [3.63, 3.8) is 0 Å². The molecule has 0 bridgehead atoms. The zero-order chi connectivity index (χ0) is 21.5. The van der Waals surface area contributed by atoms with Crippen molar-refractivity contribution >= 4 is 33.8 Å². The van der Waals surface area contributed by atoms with Crippen LogP contribution in [0.15, 0.2) is 115 Å². The van der Waals surface area contributed by atoms with Gasteiger partial charge in [-0.15, -0.1) is 0 Å². The van der Waals surface area contributed by atoms with Crippen LogP contribution in [0.5, 0.6) is 23.0 Å². The van der Waals surface area contributed by atoms with Gasteiger partial charge in [-0.2, -0.15) is 0 Å². The summed E-state index contributed by atoms with van der Waals surface area (Å²) >= 11 is 0. The highest BCUT2D eigenvalue weighted by Gasteiger charge is 2.34. The van der Waals surface area contributed by atoms with E-state index in [1.165, 1.54) is 0 Å². The predicted octanol–water partition coefficient (Wildman–Crippen LogP) is 6.38. The van der Waals surface area contributed by atoms with Gasteiger partial charge in [0.1, 0.15) is 0 Å². The maximum absolute atomic E-state index is 15.1. The van der Waals surface area contributed by atoms with Gasteiger partial charge >= 0.3 is 0 Å². The second-order valence-electron chi connectivity index (χ2n) is 7.70. The lowest BCUT2D eigenvalue weighted by atomic mass is 10.1. The molecule has 154 valence electrons. The molecule has 5 aromatic rings. The Hall–Kier alpha value is -3.81. The molecule has 32 heavy (non-hydrogen) atoms. The van der Waals surface area contributed by atoms with Gasteiger partial charge in [0.2, 0.25) is 0 Å². The van der Waals surface area contributed by atoms with Crippen molar-refractivity contribution < 1.29 is 14.0 Å². The summed E-state index contributed by atoms with van der Waals surface area (Å²) in [6, 6.07) is 36.8. The van der Waals surface area contributed by atoms with Crippen LogP contribution in [0.3, 0.4) is 0 Å². The third-order valence-electron chi connectivity index (χ3n) is 5.80. The Balaban J connectivity index is 1.68. The second kappa shape index (κ2) is 7.40. The van der Waals surface area contributed by atoms with Gasteiger partial charge < -0.3 is 14.0 Å². The van der Waals surface area contributed by atoms with Crippen molar-refractivity contribution in [2.75, 3.05) is 0 Å². The van der Waals surface area contributed by atoms with Gasteiger partial charge in [-0.25, -0.2) is 0 Å². The Labute approximate surface area is 186 Å². The maximum Gasteiger partial charge on any atom is 0.178 e. The highest BCUT2D eigenvalue weighted by atomic mass is 31.2. The Morgan fingerprint density at radius 2 is 1.00 bits per heavy atom. The Morgan fingerprint density at radius 1 is 0.500 bits per heavy atom. The van der Waals surface area contributed by atoms with Gasteiger partial charge in [0.25, 0.3) is 0 Å². The third kappa shape index (κ3) is 2.86. The van der Waals surface area contributed by atoms with E-state index in [2.05, 4.69) is 0 Å². The van der Waals surface area contributed by atoms with Crippen molar-refractivity contribution in [2.45, 2.75) is 0 Å². The molecule has 0 aromatic heterocycles. The minimum absolute atomic E-state index is 0.574. The fourth-order valence-corrected chi connectivity index (χ4v) is 7.17. The quantitative estimate of drug-likeness (QED) is 0.303. The first kappa shape index (κ1) is 18.9. The lowest BCUT2D eigenvalue weighted by molar-refractivity contribution is 0.363. The maximum atomic E-state index is 15.1. The SMILES string of the molecule is O=P(c1ccccc1)(c1ccccc1)c1cc2c(c3ccccc13)Oc1ccccc1O2. The topological polar surface area (TPSA) is 35.5 Å². The largest absolute Gasteiger partial charge is 0.449 e. The molecule has 5 aromatic carbocycles. The van der Waals surface area contributed by atoms with Crippen molar-refractivity contribution in [3.8, 4) is 23.0 Å². The lowest BCUT2D eigenvalue weighted by Gasteiger charge is -2.26. The van der Waals surface area contributed by atoms with Crippen LogP contribution in [0, 0.1) is 0 Å². The standard InChI is InChI=1S/C28H19O3P/c29-32(20-11-3-1-4-12-20,21-13-5-2-6-14-21)27-19-26-28(23-16-8-7-15-22(23)27)31-25-18-10-9-17-24(25)30-26/h1-19H. The molecule has 0 atom stereocenters. The second-order valence-corrected chi connectivity index (χ2v) is 10.4. The summed E-state index contributed by atoms with van der Waals surface area (Å²) in [7, 11) is -3.19. The monoisotopic (exact) mass is 434 g/mol. The van der Waals surface area contributed by atoms with Crippen LogP contribution in [-0.4, -0.2) is 0 Å². The number of ether oxygens (including phenoxy) is 2. The molecule has 0 spiro atoms. The van der Waals surface area contributed by atoms with Gasteiger partial charge in [-0.05, 0) is 23.6 Å². The van der Waals surface area contributed by atoms with Gasteiger partial charge in [0, 0.05) is 21.3 Å². The van der Waals surface area contributed by atoms with Crippen LogP contribution in [0.1, 0.15) is 0 Å². The predicted molar refractivity (Wildman–Crippen MR) is 130 cm³/mol. The molecule has 3 nitrogen and oxygen atoms in total. The van der Waals surface area contributed by atoms with Crippen LogP contribution < -0.4 is 25.4 Å². The fraction of sp³-hybridized carbons (Fsp3) is 0. The van der Waals surface area contributed by atoms with E-state index in [0.29, 0.717) is 23.0 Å². The molecule has 0 aliphatic carbocycles. The van der Waals surface area contributed by atoms with Crippen molar-refractivity contribution in [1.82, 2.24) is 0 Å². The highest BCUT2D eigenvalue weighted by Crippen LogP contribution is 2.52. The summed E-state index contributed by atoms with van der Waals surface area (Å²) in [4.78, 5) is 0. The van der Waals surface area contributed by atoms with Gasteiger partial charge in [-0.1, -0.05) is 97.1 Å². The molecule has 4 heteroatoms. The molecular weight excluding hydrogens is 415 g/mol. The van der Waals surface area contributed by atoms with Crippen LogP contribution >= 0.6 is 7.14 Å². The summed E-state index contributed by atoms with van der Waals surface area (Å²) < 4.78 is 27.6. The molecule has 0 saturated heterocycles. The first-order valence-electron chi connectivity index (χ1n) is 10.5. The Kier molecular flexibility index (Phi) is 4.38. The highest BCUT2D eigenvalue weighted by molar-refractivity contribution is 7.85. The summed E-state index contributed by atoms with van der Waals surface area (Å²) in [5.74, 6) is 2.54. The zero-order valence-corrected chi connectivity index (χ0v) is 18.0. The molecule has 1 aliphatic heterocycles. The first-order valence-corrected chi connectivity index (χ1v) is 12.2. The molecule has 0 amide bonds. The molecule has 6 rings (SSSR count). The number of para-hydroxylation sites is 2. The number of hydrogen-bond donors (Lipinski definition) is 0. The van der Waals surface area contributed by atoms with Crippen molar-refractivity contribution in [2.24, 2.45) is 0 Å². The van der Waals surface area contributed by atoms with Crippen molar-refractivity contribution in [1.29, 1.82) is 0 Å². The van der Waals surface area contributed by atoms with Gasteiger partial charge in [0.05, 0.1) is 0 Å². The molecule has 0 N–H and O–H groups in total. The molecule has 1 aliphatic rings. The zero-order valence-electron chi connectivity index (χ0n) is 17.1. The molecule has 0 saturated carbocycles. The Morgan fingerprint density at radius 3 is 1.62 bits per heavy atom. The molecule has 0 radical (unpaired) electrons. The number of hydrogen-bond acceptors (Lipinski definition) is 3. The smallest absolute Gasteiger partial charge is 0.178 e. The van der Waals surface area contributed by atoms with E-state index in [9.17, 15) is 0 Å². The van der Waals surface area contributed by atoms with E-state index >= 15 is 4.57 Å². The number of benzene rings is 5. The molecule has 0 fully saturated rings. The minimum Gasteiger partial charge on any atom is -0.449 e. The Bertz CT molecular complexity index is 1450. The first-order chi connectivity index (χ1) is 15.7. The van der Waals surface area contributed by atoms with Crippen LogP contribution in [0.4, 0.5) is 0 Å². The lowest BCUT2D eigenvalue weighted by Crippen LogP contribution is -2.26. The van der Waals surface area contributed by atoms with Crippen LogP contribution in [-0.2, 0) is 4.57 Å². The van der Waals surface area contributed by atoms with E-state index < -0.39 is 7.14 Å². The number of rotatable bonds is 3. The molecular formula is C28H19O3P.